The van der Waals surface area contributed by atoms with E-state index >= 15 is 0 Å². The minimum Gasteiger partial charge on any atom is -0.336 e. The molecule has 1 aromatic rings. The Bertz CT molecular complexity index is 522. The highest BCUT2D eigenvalue weighted by Crippen LogP contribution is 2.19. The molecule has 0 bridgehead atoms. The second-order valence-corrected chi connectivity index (χ2v) is 4.99. The van der Waals surface area contributed by atoms with E-state index in [1.165, 1.54) is 12.1 Å². The zero-order valence-corrected chi connectivity index (χ0v) is 12.7. The third-order valence-corrected chi connectivity index (χ3v) is 3.65. The summed E-state index contributed by atoms with van der Waals surface area (Å²) in [4.78, 5) is 26.3. The van der Waals surface area contributed by atoms with Crippen LogP contribution in [-0.2, 0) is 4.79 Å². The lowest BCUT2D eigenvalue weighted by atomic mass is 10.1. The maximum atomic E-state index is 13.2. The molecule has 0 aliphatic carbocycles. The van der Waals surface area contributed by atoms with E-state index in [0.29, 0.717) is 32.5 Å². The van der Waals surface area contributed by atoms with E-state index < -0.39 is 12.0 Å². The third-order valence-electron chi connectivity index (χ3n) is 3.32. The highest BCUT2D eigenvalue weighted by Gasteiger charge is 2.26. The second kappa shape index (κ2) is 7.70. The van der Waals surface area contributed by atoms with Gasteiger partial charge in [-0.1, -0.05) is 11.6 Å². The summed E-state index contributed by atoms with van der Waals surface area (Å²) < 4.78 is 13.2. The quantitative estimate of drug-likeness (QED) is 0.841. The Morgan fingerprint density at radius 2 is 1.95 bits per heavy atom. The average Bonchev–Trinajstić information content (AvgIpc) is 2.48. The number of piperazine rings is 1. The first-order valence-electron chi connectivity index (χ1n) is 6.22. The fraction of sp³-hybridized carbons (Fsp3) is 0.385. The van der Waals surface area contributed by atoms with Gasteiger partial charge < -0.3 is 15.4 Å². The van der Waals surface area contributed by atoms with Crippen LogP contribution in [0.5, 0.6) is 0 Å². The van der Waals surface area contributed by atoms with E-state index in [-0.39, 0.29) is 28.9 Å². The molecule has 1 atom stereocenters. The van der Waals surface area contributed by atoms with Gasteiger partial charge in [-0.25, -0.2) is 4.39 Å². The number of nitrogens with two attached hydrogens (primary N) is 1. The molecule has 2 rings (SSSR count). The Kier molecular flexibility index (Phi) is 6.54. The second-order valence-electron chi connectivity index (χ2n) is 4.58. The fourth-order valence-electron chi connectivity index (χ4n) is 2.14. The van der Waals surface area contributed by atoms with Crippen molar-refractivity contribution in [1.29, 1.82) is 0 Å². The van der Waals surface area contributed by atoms with Gasteiger partial charge in [0.05, 0.1) is 10.6 Å². The Hall–Kier alpha value is -1.21. The van der Waals surface area contributed by atoms with E-state index in [1.807, 2.05) is 0 Å². The van der Waals surface area contributed by atoms with Crippen LogP contribution >= 0.6 is 24.0 Å². The number of carbonyl (C=O) groups excluding carboxylic acids is 2. The van der Waals surface area contributed by atoms with Gasteiger partial charge in [0.25, 0.3) is 5.91 Å². The van der Waals surface area contributed by atoms with Gasteiger partial charge in [0.15, 0.2) is 6.29 Å². The lowest BCUT2D eigenvalue weighted by Crippen LogP contribution is -2.55. The Balaban J connectivity index is 0.00000220. The Morgan fingerprint density at radius 1 is 1.33 bits per heavy atom. The molecular formula is C13H16Cl2FN3O2. The summed E-state index contributed by atoms with van der Waals surface area (Å²) in [5.41, 5.74) is 5.76. The monoisotopic (exact) mass is 335 g/mol. The molecule has 5 nitrogen and oxygen atoms in total. The number of halogens is 3. The number of amides is 1. The molecule has 1 aliphatic rings. The Labute approximate surface area is 133 Å². The molecule has 1 amide bonds. The summed E-state index contributed by atoms with van der Waals surface area (Å²) in [5, 5.41) is 0.225. The number of aldehydes is 1. The minimum atomic E-state index is -0.648. The first-order valence-corrected chi connectivity index (χ1v) is 6.60. The van der Waals surface area contributed by atoms with Gasteiger partial charge >= 0.3 is 0 Å². The highest BCUT2D eigenvalue weighted by atomic mass is 35.5. The fourth-order valence-corrected chi connectivity index (χ4v) is 2.34. The van der Waals surface area contributed by atoms with Gasteiger partial charge in [-0.15, -0.1) is 12.4 Å². The largest absolute Gasteiger partial charge is 0.336 e. The van der Waals surface area contributed by atoms with Crippen molar-refractivity contribution in [2.24, 2.45) is 5.73 Å². The van der Waals surface area contributed by atoms with Gasteiger partial charge in [0.2, 0.25) is 0 Å². The number of carbonyl (C=O) groups is 2. The molecule has 1 fully saturated rings. The predicted molar refractivity (Wildman–Crippen MR) is 80.2 cm³/mol. The highest BCUT2D eigenvalue weighted by molar-refractivity contribution is 6.33. The number of nitrogens with zero attached hydrogens (tertiary/aromatic N) is 2. The number of rotatable bonds is 3. The van der Waals surface area contributed by atoms with Crippen molar-refractivity contribution in [1.82, 2.24) is 9.80 Å². The molecule has 2 N–H and O–H groups in total. The average molecular weight is 336 g/mol. The van der Waals surface area contributed by atoms with E-state index in [1.54, 1.807) is 9.80 Å². The van der Waals surface area contributed by atoms with Crippen LogP contribution in [0.25, 0.3) is 0 Å². The molecular weight excluding hydrogens is 320 g/mol. The van der Waals surface area contributed by atoms with E-state index in [9.17, 15) is 14.0 Å². The lowest BCUT2D eigenvalue weighted by Gasteiger charge is -2.36. The maximum absolute atomic E-state index is 13.2. The van der Waals surface area contributed by atoms with Crippen molar-refractivity contribution in [3.05, 3.63) is 34.6 Å². The van der Waals surface area contributed by atoms with Crippen molar-refractivity contribution in [2.75, 3.05) is 26.2 Å². The van der Waals surface area contributed by atoms with Gasteiger partial charge in [-0.2, -0.15) is 0 Å². The van der Waals surface area contributed by atoms with Crippen LogP contribution in [0.2, 0.25) is 5.02 Å². The molecule has 1 heterocycles. The summed E-state index contributed by atoms with van der Waals surface area (Å²) >= 11 is 5.92. The molecule has 0 aromatic heterocycles. The van der Waals surface area contributed by atoms with Crippen molar-refractivity contribution in [3.63, 3.8) is 0 Å². The smallest absolute Gasteiger partial charge is 0.255 e. The van der Waals surface area contributed by atoms with Crippen molar-refractivity contribution in [2.45, 2.75) is 6.17 Å². The van der Waals surface area contributed by atoms with Crippen LogP contribution in [0.1, 0.15) is 10.4 Å². The summed E-state index contributed by atoms with van der Waals surface area (Å²) in [6, 6.07) is 3.71. The molecule has 116 valence electrons. The third kappa shape index (κ3) is 4.14. The number of benzene rings is 1. The molecule has 8 heteroatoms. The summed E-state index contributed by atoms with van der Waals surface area (Å²) in [7, 11) is 0. The molecule has 0 radical (unpaired) electrons. The zero-order chi connectivity index (χ0) is 14.7. The lowest BCUT2D eigenvalue weighted by molar-refractivity contribution is -0.112. The van der Waals surface area contributed by atoms with Crippen molar-refractivity contribution in [3.8, 4) is 0 Å². The van der Waals surface area contributed by atoms with Gasteiger partial charge in [-0.3, -0.25) is 9.69 Å². The molecule has 1 saturated heterocycles. The first kappa shape index (κ1) is 17.8. The van der Waals surface area contributed by atoms with E-state index in [4.69, 9.17) is 17.3 Å². The van der Waals surface area contributed by atoms with Crippen molar-refractivity contribution >= 4 is 36.2 Å². The molecule has 1 aliphatic heterocycles. The van der Waals surface area contributed by atoms with Crippen LogP contribution in [0, 0.1) is 5.82 Å². The SMILES string of the molecule is Cl.NC(C=O)N1CCN(C(=O)c2cc(F)ccc2Cl)CC1. The normalized spacial score (nSPS) is 17.0. The topological polar surface area (TPSA) is 66.6 Å². The van der Waals surface area contributed by atoms with Crippen LogP contribution < -0.4 is 5.73 Å². The molecule has 1 aromatic carbocycles. The van der Waals surface area contributed by atoms with Crippen LogP contribution in [0.3, 0.4) is 0 Å². The van der Waals surface area contributed by atoms with Gasteiger partial charge in [0.1, 0.15) is 12.0 Å². The molecule has 21 heavy (non-hydrogen) atoms. The van der Waals surface area contributed by atoms with E-state index in [0.717, 1.165) is 6.07 Å². The van der Waals surface area contributed by atoms with Gasteiger partial charge in [0, 0.05) is 26.2 Å². The van der Waals surface area contributed by atoms with E-state index in [2.05, 4.69) is 0 Å². The maximum Gasteiger partial charge on any atom is 0.255 e. The minimum absolute atomic E-state index is 0. The van der Waals surface area contributed by atoms with Crippen LogP contribution in [0.4, 0.5) is 4.39 Å². The van der Waals surface area contributed by atoms with Crippen LogP contribution in [0.15, 0.2) is 18.2 Å². The standard InChI is InChI=1S/C13H15ClFN3O2.ClH/c14-11-2-1-9(15)7-10(11)13(20)18-5-3-17(4-6-18)12(16)8-19;/h1-2,7-8,12H,3-6,16H2;1H. The zero-order valence-electron chi connectivity index (χ0n) is 11.2. The predicted octanol–water partition coefficient (Wildman–Crippen LogP) is 1.14. The number of hydrogen-bond donors (Lipinski definition) is 1. The Morgan fingerprint density at radius 3 is 2.52 bits per heavy atom. The summed E-state index contributed by atoms with van der Waals surface area (Å²) in [5.74, 6) is -0.812. The molecule has 0 spiro atoms. The van der Waals surface area contributed by atoms with Gasteiger partial charge in [-0.05, 0) is 18.2 Å². The van der Waals surface area contributed by atoms with Crippen LogP contribution in [-0.4, -0.2) is 54.3 Å². The number of hydrogen-bond acceptors (Lipinski definition) is 4. The van der Waals surface area contributed by atoms with Crippen molar-refractivity contribution < 1.29 is 14.0 Å². The summed E-state index contributed by atoms with van der Waals surface area (Å²) in [6.07, 6.45) is 0.0194. The molecule has 0 saturated carbocycles. The molecule has 1 unspecified atom stereocenters. The first-order chi connectivity index (χ1) is 9.52. The summed E-state index contributed by atoms with van der Waals surface area (Å²) in [6.45, 7) is 1.84.